The molecule has 0 unspecified atom stereocenters. The van der Waals surface area contributed by atoms with Crippen molar-refractivity contribution in [3.63, 3.8) is 0 Å². The predicted molar refractivity (Wildman–Crippen MR) is 76.1 cm³/mol. The molecule has 1 aromatic heterocycles. The normalized spacial score (nSPS) is 10.5. The van der Waals surface area contributed by atoms with E-state index < -0.39 is 0 Å². The van der Waals surface area contributed by atoms with Gasteiger partial charge in [0.1, 0.15) is 22.5 Å². The second-order valence-electron chi connectivity index (χ2n) is 3.92. The number of anilines is 1. The van der Waals surface area contributed by atoms with E-state index in [-0.39, 0.29) is 5.82 Å². The van der Waals surface area contributed by atoms with E-state index in [1.165, 1.54) is 17.8 Å². The number of rotatable bonds is 5. The summed E-state index contributed by atoms with van der Waals surface area (Å²) in [5.74, 6) is 1.32. The molecule has 0 aliphatic carbocycles. The van der Waals surface area contributed by atoms with Crippen molar-refractivity contribution >= 4 is 17.6 Å². The minimum atomic E-state index is -0.228. The first-order valence-electron chi connectivity index (χ1n) is 6.27. The van der Waals surface area contributed by atoms with Gasteiger partial charge in [0.15, 0.2) is 0 Å². The van der Waals surface area contributed by atoms with Crippen LogP contribution in [0.25, 0.3) is 0 Å². The Morgan fingerprint density at radius 2 is 2.00 bits per heavy atom. The molecule has 19 heavy (non-hydrogen) atoms. The summed E-state index contributed by atoms with van der Waals surface area (Å²) in [6, 6.07) is 8.55. The fraction of sp³-hybridized carbons (Fsp3) is 0.286. The lowest BCUT2D eigenvalue weighted by Crippen LogP contribution is -2.03. The number of hydrogen-bond acceptors (Lipinski definition) is 4. The predicted octanol–water partition coefficient (Wildman–Crippen LogP) is 3.76. The van der Waals surface area contributed by atoms with Gasteiger partial charge < -0.3 is 5.32 Å². The molecule has 0 spiro atoms. The molecular weight excluding hydrogens is 261 g/mol. The number of nitrogens with one attached hydrogen (secondary N) is 1. The van der Waals surface area contributed by atoms with E-state index in [2.05, 4.69) is 15.3 Å². The van der Waals surface area contributed by atoms with Crippen LogP contribution in [-0.2, 0) is 6.42 Å². The maximum Gasteiger partial charge on any atom is 0.137 e. The first-order chi connectivity index (χ1) is 9.22. The fourth-order valence-electron chi connectivity index (χ4n) is 1.59. The van der Waals surface area contributed by atoms with Crippen LogP contribution in [0.4, 0.5) is 10.2 Å². The lowest BCUT2D eigenvalue weighted by atomic mass is 10.3. The molecule has 2 aromatic rings. The molecular formula is C14H16FN3S. The average molecular weight is 277 g/mol. The SMILES string of the molecule is CCNc1cc(Sc2ccccc2F)nc(CC)n1. The summed E-state index contributed by atoms with van der Waals surface area (Å²) in [5.41, 5.74) is 0. The largest absolute Gasteiger partial charge is 0.370 e. The van der Waals surface area contributed by atoms with Crippen LogP contribution in [-0.4, -0.2) is 16.5 Å². The number of benzene rings is 1. The van der Waals surface area contributed by atoms with Crippen LogP contribution in [0.1, 0.15) is 19.7 Å². The van der Waals surface area contributed by atoms with Crippen molar-refractivity contribution in [1.29, 1.82) is 0 Å². The second-order valence-corrected chi connectivity index (χ2v) is 4.99. The van der Waals surface area contributed by atoms with E-state index in [0.717, 1.165) is 29.6 Å². The van der Waals surface area contributed by atoms with E-state index in [1.54, 1.807) is 12.1 Å². The molecule has 0 aliphatic rings. The van der Waals surface area contributed by atoms with Crippen LogP contribution in [0, 0.1) is 5.82 Å². The molecule has 1 aromatic carbocycles. The average Bonchev–Trinajstić information content (AvgIpc) is 2.41. The molecule has 0 amide bonds. The molecule has 2 rings (SSSR count). The van der Waals surface area contributed by atoms with Crippen LogP contribution in [0.5, 0.6) is 0 Å². The Hall–Kier alpha value is -1.62. The Morgan fingerprint density at radius 1 is 1.21 bits per heavy atom. The molecule has 0 atom stereocenters. The minimum absolute atomic E-state index is 0.228. The maximum atomic E-state index is 13.6. The Labute approximate surface area is 116 Å². The van der Waals surface area contributed by atoms with Crippen LogP contribution >= 0.6 is 11.8 Å². The van der Waals surface area contributed by atoms with Gasteiger partial charge in [0.05, 0.1) is 0 Å². The highest BCUT2D eigenvalue weighted by Crippen LogP contribution is 2.29. The summed E-state index contributed by atoms with van der Waals surface area (Å²) in [7, 11) is 0. The topological polar surface area (TPSA) is 37.8 Å². The van der Waals surface area contributed by atoms with Crippen molar-refractivity contribution in [2.75, 3.05) is 11.9 Å². The van der Waals surface area contributed by atoms with Gasteiger partial charge in [0, 0.05) is 23.9 Å². The first-order valence-corrected chi connectivity index (χ1v) is 7.08. The highest BCUT2D eigenvalue weighted by Gasteiger charge is 2.07. The lowest BCUT2D eigenvalue weighted by Gasteiger charge is -2.08. The number of aromatic nitrogens is 2. The van der Waals surface area contributed by atoms with Crippen LogP contribution < -0.4 is 5.32 Å². The second kappa shape index (κ2) is 6.52. The third kappa shape index (κ3) is 3.67. The molecule has 0 fully saturated rings. The van der Waals surface area contributed by atoms with Gasteiger partial charge in [-0.2, -0.15) is 0 Å². The number of aryl methyl sites for hydroxylation is 1. The summed E-state index contributed by atoms with van der Waals surface area (Å²) < 4.78 is 13.6. The summed E-state index contributed by atoms with van der Waals surface area (Å²) in [5, 5.41) is 3.92. The molecule has 0 saturated heterocycles. The van der Waals surface area contributed by atoms with Gasteiger partial charge in [-0.15, -0.1) is 0 Å². The Balaban J connectivity index is 2.29. The molecule has 100 valence electrons. The number of hydrogen-bond donors (Lipinski definition) is 1. The molecule has 0 saturated carbocycles. The smallest absolute Gasteiger partial charge is 0.137 e. The van der Waals surface area contributed by atoms with Crippen LogP contribution in [0.3, 0.4) is 0 Å². The maximum absolute atomic E-state index is 13.6. The molecule has 5 heteroatoms. The fourth-order valence-corrected chi connectivity index (χ4v) is 2.45. The van der Waals surface area contributed by atoms with Gasteiger partial charge in [0.2, 0.25) is 0 Å². The van der Waals surface area contributed by atoms with Gasteiger partial charge in [-0.05, 0) is 19.1 Å². The van der Waals surface area contributed by atoms with Gasteiger partial charge in [0.25, 0.3) is 0 Å². The monoisotopic (exact) mass is 277 g/mol. The van der Waals surface area contributed by atoms with Gasteiger partial charge in [-0.25, -0.2) is 14.4 Å². The van der Waals surface area contributed by atoms with E-state index in [4.69, 9.17) is 0 Å². The Kier molecular flexibility index (Phi) is 4.74. The summed E-state index contributed by atoms with van der Waals surface area (Å²) >= 11 is 1.32. The molecule has 3 nitrogen and oxygen atoms in total. The quantitative estimate of drug-likeness (QED) is 0.844. The van der Waals surface area contributed by atoms with E-state index in [0.29, 0.717) is 4.90 Å². The summed E-state index contributed by atoms with van der Waals surface area (Å²) in [4.78, 5) is 9.37. The van der Waals surface area contributed by atoms with Crippen molar-refractivity contribution in [3.05, 3.63) is 42.0 Å². The minimum Gasteiger partial charge on any atom is -0.370 e. The molecule has 0 aliphatic heterocycles. The van der Waals surface area contributed by atoms with Gasteiger partial charge in [-0.1, -0.05) is 30.8 Å². The molecule has 0 radical (unpaired) electrons. The highest BCUT2D eigenvalue weighted by molar-refractivity contribution is 7.99. The molecule has 1 heterocycles. The molecule has 1 N–H and O–H groups in total. The van der Waals surface area contributed by atoms with Crippen molar-refractivity contribution in [2.45, 2.75) is 30.2 Å². The first kappa shape index (κ1) is 13.8. The van der Waals surface area contributed by atoms with E-state index >= 15 is 0 Å². The Bertz CT molecular complexity index is 560. The lowest BCUT2D eigenvalue weighted by molar-refractivity contribution is 0.602. The zero-order chi connectivity index (χ0) is 13.7. The summed E-state index contributed by atoms with van der Waals surface area (Å²) in [6.07, 6.45) is 0.754. The van der Waals surface area contributed by atoms with Gasteiger partial charge >= 0.3 is 0 Å². The summed E-state index contributed by atoms with van der Waals surface area (Å²) in [6.45, 7) is 4.81. The van der Waals surface area contributed by atoms with Gasteiger partial charge in [-0.3, -0.25) is 0 Å². The van der Waals surface area contributed by atoms with E-state index in [1.807, 2.05) is 26.0 Å². The van der Waals surface area contributed by atoms with Crippen molar-refractivity contribution in [2.24, 2.45) is 0 Å². The highest BCUT2D eigenvalue weighted by atomic mass is 32.2. The Morgan fingerprint density at radius 3 is 2.68 bits per heavy atom. The van der Waals surface area contributed by atoms with E-state index in [9.17, 15) is 4.39 Å². The van der Waals surface area contributed by atoms with Crippen molar-refractivity contribution in [3.8, 4) is 0 Å². The van der Waals surface area contributed by atoms with Crippen molar-refractivity contribution < 1.29 is 4.39 Å². The zero-order valence-electron chi connectivity index (χ0n) is 11.0. The third-order valence-electron chi connectivity index (χ3n) is 2.47. The van der Waals surface area contributed by atoms with Crippen LogP contribution in [0.15, 0.2) is 40.3 Å². The third-order valence-corrected chi connectivity index (χ3v) is 3.44. The number of halogens is 1. The zero-order valence-corrected chi connectivity index (χ0v) is 11.8. The molecule has 0 bridgehead atoms. The number of nitrogens with zero attached hydrogens (tertiary/aromatic N) is 2. The van der Waals surface area contributed by atoms with Crippen LogP contribution in [0.2, 0.25) is 0 Å². The van der Waals surface area contributed by atoms with Crippen molar-refractivity contribution in [1.82, 2.24) is 9.97 Å². The standard InChI is InChI=1S/C14H16FN3S/c1-3-12-17-13(16-4-2)9-14(18-12)19-11-8-6-5-7-10(11)15/h5-9H,3-4H2,1-2H3,(H,16,17,18).